The van der Waals surface area contributed by atoms with E-state index in [-0.39, 0.29) is 5.41 Å². The summed E-state index contributed by atoms with van der Waals surface area (Å²) in [6.45, 7) is 11.1. The van der Waals surface area contributed by atoms with E-state index in [1.165, 1.54) is 29.9 Å². The number of nitrogens with zero attached hydrogens (tertiary/aromatic N) is 3. The Labute approximate surface area is 177 Å². The average Bonchev–Trinajstić information content (AvgIpc) is 2.62. The number of pyridine rings is 1. The van der Waals surface area contributed by atoms with Gasteiger partial charge in [-0.3, -0.25) is 9.78 Å². The van der Waals surface area contributed by atoms with E-state index in [4.69, 9.17) is 4.74 Å². The lowest BCUT2D eigenvalue weighted by atomic mass is 9.73. The minimum atomic E-state index is -0.793. The molecule has 6 nitrogen and oxygen atoms in total. The first kappa shape index (κ1) is 21.7. The smallest absolute Gasteiger partial charge is 0.379 e. The van der Waals surface area contributed by atoms with Gasteiger partial charge in [-0.15, -0.1) is 11.8 Å². The number of likely N-dealkylation sites (tertiary alicyclic amines) is 1. The molecule has 2 aliphatic heterocycles. The lowest BCUT2D eigenvalue weighted by molar-refractivity contribution is -0.160. The molecule has 0 amide bonds. The number of carbonyl (C=O) groups is 2. The Morgan fingerprint density at radius 2 is 2.00 bits per heavy atom. The van der Waals surface area contributed by atoms with Gasteiger partial charge in [0.15, 0.2) is 0 Å². The predicted octanol–water partition coefficient (Wildman–Crippen LogP) is 3.41. The Morgan fingerprint density at radius 1 is 1.28 bits per heavy atom. The van der Waals surface area contributed by atoms with E-state index in [1.54, 1.807) is 20.8 Å². The molecule has 0 aromatic carbocycles. The molecule has 1 aromatic rings. The summed E-state index contributed by atoms with van der Waals surface area (Å²) in [4.78, 5) is 33.3. The number of ketones is 1. The van der Waals surface area contributed by atoms with Crippen molar-refractivity contribution in [3.05, 3.63) is 35.1 Å². The first-order valence-electron chi connectivity index (χ1n) is 10.1. The molecule has 0 saturated carbocycles. The molecular weight excluding hydrogens is 386 g/mol. The van der Waals surface area contributed by atoms with Crippen molar-refractivity contribution in [2.45, 2.75) is 46.1 Å². The Bertz CT molecular complexity index is 810. The van der Waals surface area contributed by atoms with Crippen LogP contribution in [0.2, 0.25) is 0 Å². The van der Waals surface area contributed by atoms with Gasteiger partial charge in [-0.05, 0) is 58.9 Å². The largest absolute Gasteiger partial charge is 0.454 e. The highest BCUT2D eigenvalue weighted by atomic mass is 32.2. The molecule has 2 fully saturated rings. The third-order valence-corrected chi connectivity index (χ3v) is 6.13. The molecule has 1 spiro atoms. The fraction of sp³-hybridized carbons (Fsp3) is 0.591. The second kappa shape index (κ2) is 8.38. The van der Waals surface area contributed by atoms with Crippen molar-refractivity contribution in [2.75, 3.05) is 37.3 Å². The number of aryl methyl sites for hydroxylation is 1. The van der Waals surface area contributed by atoms with Gasteiger partial charge in [0.1, 0.15) is 5.60 Å². The third kappa shape index (κ3) is 5.32. The monoisotopic (exact) mass is 417 g/mol. The number of aromatic nitrogens is 1. The maximum absolute atomic E-state index is 12.3. The maximum atomic E-state index is 12.3. The zero-order chi connectivity index (χ0) is 21.2. The number of hydrogen-bond acceptors (Lipinski definition) is 7. The van der Waals surface area contributed by atoms with Gasteiger partial charge in [0, 0.05) is 55.2 Å². The van der Waals surface area contributed by atoms with Crippen LogP contribution in [0.1, 0.15) is 39.3 Å². The molecule has 7 heteroatoms. The van der Waals surface area contributed by atoms with Crippen molar-refractivity contribution in [2.24, 2.45) is 5.41 Å². The summed E-state index contributed by atoms with van der Waals surface area (Å²) < 4.78 is 5.21. The number of thioether (sulfide) groups is 1. The van der Waals surface area contributed by atoms with E-state index < -0.39 is 17.4 Å². The van der Waals surface area contributed by atoms with E-state index in [0.717, 1.165) is 43.3 Å². The SMILES string of the molecule is CSC(=CC(=O)C(=O)OC(C)(C)C)N1CCCC2(C1)CN(c1ccnc(C)c1)C2. The minimum Gasteiger partial charge on any atom is -0.454 e. The number of ether oxygens (including phenoxy) is 1. The highest BCUT2D eigenvalue weighted by molar-refractivity contribution is 8.02. The highest BCUT2D eigenvalue weighted by Crippen LogP contribution is 2.42. The molecule has 0 aliphatic carbocycles. The molecule has 0 atom stereocenters. The van der Waals surface area contributed by atoms with Crippen molar-refractivity contribution in [3.63, 3.8) is 0 Å². The standard InChI is InChI=1S/C22H31N3O3S/c1-16-11-17(7-9-23-16)25-14-22(15-25)8-6-10-24(13-22)19(29-5)12-18(26)20(27)28-21(2,3)4/h7,9,11-12H,6,8,10,13-15H2,1-5H3. The summed E-state index contributed by atoms with van der Waals surface area (Å²) in [5.41, 5.74) is 1.82. The molecular formula is C22H31N3O3S. The predicted molar refractivity (Wildman–Crippen MR) is 117 cm³/mol. The van der Waals surface area contributed by atoms with Crippen LogP contribution in [0.3, 0.4) is 0 Å². The van der Waals surface area contributed by atoms with Crippen LogP contribution in [-0.4, -0.2) is 59.7 Å². The number of esters is 1. The molecule has 0 radical (unpaired) electrons. The van der Waals surface area contributed by atoms with Crippen LogP contribution >= 0.6 is 11.8 Å². The van der Waals surface area contributed by atoms with Crippen molar-refractivity contribution >= 4 is 29.2 Å². The van der Waals surface area contributed by atoms with E-state index in [0.29, 0.717) is 0 Å². The number of carbonyl (C=O) groups excluding carboxylic acids is 2. The van der Waals surface area contributed by atoms with Gasteiger partial charge in [-0.2, -0.15) is 0 Å². The van der Waals surface area contributed by atoms with Gasteiger partial charge >= 0.3 is 5.97 Å². The Hall–Kier alpha value is -2.02. The summed E-state index contributed by atoms with van der Waals surface area (Å²) in [5.74, 6) is -1.38. The lowest BCUT2D eigenvalue weighted by Gasteiger charge is -2.56. The molecule has 0 unspecified atom stereocenters. The van der Waals surface area contributed by atoms with Crippen LogP contribution < -0.4 is 4.90 Å². The van der Waals surface area contributed by atoms with Gasteiger partial charge < -0.3 is 14.5 Å². The summed E-state index contributed by atoms with van der Waals surface area (Å²) in [6.07, 6.45) is 7.52. The molecule has 0 N–H and O–H groups in total. The third-order valence-electron chi connectivity index (χ3n) is 5.33. The Morgan fingerprint density at radius 3 is 2.62 bits per heavy atom. The fourth-order valence-corrected chi connectivity index (χ4v) is 4.75. The number of piperidine rings is 1. The normalized spacial score (nSPS) is 19.1. The highest BCUT2D eigenvalue weighted by Gasteiger charge is 2.46. The lowest BCUT2D eigenvalue weighted by Crippen LogP contribution is -2.62. The molecule has 158 valence electrons. The summed E-state index contributed by atoms with van der Waals surface area (Å²) >= 11 is 1.51. The van der Waals surface area contributed by atoms with E-state index in [2.05, 4.69) is 26.9 Å². The van der Waals surface area contributed by atoms with E-state index in [1.807, 2.05) is 19.4 Å². The van der Waals surface area contributed by atoms with Crippen LogP contribution in [0.5, 0.6) is 0 Å². The zero-order valence-corrected chi connectivity index (χ0v) is 18.8. The van der Waals surface area contributed by atoms with Crippen molar-refractivity contribution in [3.8, 4) is 0 Å². The van der Waals surface area contributed by atoms with Crippen LogP contribution in [0.4, 0.5) is 5.69 Å². The Kier molecular flexibility index (Phi) is 6.27. The molecule has 29 heavy (non-hydrogen) atoms. The molecule has 2 saturated heterocycles. The van der Waals surface area contributed by atoms with Crippen LogP contribution in [0, 0.1) is 12.3 Å². The average molecular weight is 418 g/mol. The summed E-state index contributed by atoms with van der Waals surface area (Å²) in [5, 5.41) is 0.845. The second-order valence-electron chi connectivity index (χ2n) is 9.09. The topological polar surface area (TPSA) is 62.7 Å². The minimum absolute atomic E-state index is 0.235. The molecule has 1 aromatic heterocycles. The summed E-state index contributed by atoms with van der Waals surface area (Å²) in [6, 6.07) is 4.19. The van der Waals surface area contributed by atoms with Gasteiger partial charge in [0.2, 0.25) is 0 Å². The molecule has 2 aliphatic rings. The van der Waals surface area contributed by atoms with Crippen LogP contribution in [0.15, 0.2) is 29.4 Å². The number of rotatable bonds is 5. The van der Waals surface area contributed by atoms with E-state index >= 15 is 0 Å². The van der Waals surface area contributed by atoms with Gasteiger partial charge in [-0.1, -0.05) is 0 Å². The van der Waals surface area contributed by atoms with Gasteiger partial charge in [0.25, 0.3) is 5.78 Å². The number of anilines is 1. The second-order valence-corrected chi connectivity index (χ2v) is 9.92. The quantitative estimate of drug-likeness (QED) is 0.413. The van der Waals surface area contributed by atoms with Gasteiger partial charge in [0.05, 0.1) is 5.03 Å². The number of hydrogen-bond donors (Lipinski definition) is 0. The Balaban J connectivity index is 1.65. The molecule has 3 rings (SSSR count). The van der Waals surface area contributed by atoms with E-state index in [9.17, 15) is 9.59 Å². The van der Waals surface area contributed by atoms with Crippen LogP contribution in [-0.2, 0) is 14.3 Å². The first-order chi connectivity index (χ1) is 13.6. The maximum Gasteiger partial charge on any atom is 0.379 e. The zero-order valence-electron chi connectivity index (χ0n) is 18.0. The van der Waals surface area contributed by atoms with Crippen LogP contribution in [0.25, 0.3) is 0 Å². The fourth-order valence-electron chi connectivity index (χ4n) is 4.11. The molecule has 0 bridgehead atoms. The van der Waals surface area contributed by atoms with Crippen molar-refractivity contribution in [1.82, 2.24) is 9.88 Å². The first-order valence-corrected chi connectivity index (χ1v) is 11.3. The van der Waals surface area contributed by atoms with Gasteiger partial charge in [-0.25, -0.2) is 4.79 Å². The van der Waals surface area contributed by atoms with Crippen molar-refractivity contribution in [1.29, 1.82) is 0 Å². The van der Waals surface area contributed by atoms with Crippen molar-refractivity contribution < 1.29 is 14.3 Å². The molecule has 3 heterocycles. The summed E-state index contributed by atoms with van der Waals surface area (Å²) in [7, 11) is 0.